The monoisotopic (exact) mass is 389 g/mol. The molecule has 5 nitrogen and oxygen atoms in total. The zero-order valence-electron chi connectivity index (χ0n) is 17.1. The lowest BCUT2D eigenvalue weighted by atomic mass is 9.77. The number of amides is 1. The van der Waals surface area contributed by atoms with Crippen LogP contribution in [0.5, 0.6) is 0 Å². The molecule has 29 heavy (non-hydrogen) atoms. The van der Waals surface area contributed by atoms with Gasteiger partial charge < -0.3 is 9.42 Å². The molecule has 0 aliphatic carbocycles. The van der Waals surface area contributed by atoms with E-state index >= 15 is 0 Å². The van der Waals surface area contributed by atoms with Crippen molar-refractivity contribution in [3.05, 3.63) is 65.0 Å². The van der Waals surface area contributed by atoms with E-state index in [0.29, 0.717) is 0 Å². The van der Waals surface area contributed by atoms with Crippen molar-refractivity contribution in [3.63, 3.8) is 0 Å². The van der Waals surface area contributed by atoms with Crippen LogP contribution in [0.15, 0.2) is 47.0 Å². The number of aryl methyl sites for hydroxylation is 2. The van der Waals surface area contributed by atoms with Crippen molar-refractivity contribution in [1.29, 1.82) is 0 Å². The van der Waals surface area contributed by atoms with Gasteiger partial charge in [-0.05, 0) is 56.0 Å². The van der Waals surface area contributed by atoms with E-state index in [1.165, 1.54) is 10.9 Å². The second kappa shape index (κ2) is 6.99. The lowest BCUT2D eigenvalue weighted by Gasteiger charge is -2.57. The van der Waals surface area contributed by atoms with E-state index in [-0.39, 0.29) is 11.4 Å². The van der Waals surface area contributed by atoms with Crippen LogP contribution in [0.25, 0.3) is 10.8 Å². The highest BCUT2D eigenvalue weighted by Crippen LogP contribution is 2.40. The van der Waals surface area contributed by atoms with Crippen LogP contribution in [0.1, 0.15) is 46.6 Å². The first-order valence-electron chi connectivity index (χ1n) is 10.5. The topological polar surface area (TPSA) is 49.6 Å². The predicted molar refractivity (Wildman–Crippen MR) is 113 cm³/mol. The van der Waals surface area contributed by atoms with Gasteiger partial charge in [0.15, 0.2) is 0 Å². The molecule has 1 atom stereocenters. The molecule has 3 aromatic rings. The number of carbonyl (C=O) groups excluding carboxylic acids is 1. The molecule has 1 aromatic heterocycles. The van der Waals surface area contributed by atoms with Crippen LogP contribution < -0.4 is 0 Å². The Bertz CT molecular complexity index is 1050. The van der Waals surface area contributed by atoms with Gasteiger partial charge in [-0.3, -0.25) is 9.69 Å². The Balaban J connectivity index is 1.35. The molecule has 1 spiro atoms. The third kappa shape index (κ3) is 3.14. The number of rotatable bonds is 3. The average Bonchev–Trinajstić information content (AvgIpc) is 3.07. The van der Waals surface area contributed by atoms with Gasteiger partial charge in [0.1, 0.15) is 5.76 Å². The van der Waals surface area contributed by atoms with Crippen LogP contribution in [-0.2, 0) is 6.54 Å². The summed E-state index contributed by atoms with van der Waals surface area (Å²) in [6, 6.07) is 14.3. The second-order valence-electron chi connectivity index (χ2n) is 8.59. The molecule has 0 saturated carbocycles. The minimum Gasteiger partial charge on any atom is -0.361 e. The van der Waals surface area contributed by atoms with Crippen molar-refractivity contribution < 1.29 is 9.32 Å². The standard InChI is InChI=1S/C24H27N3O2/c1-17-22(18(2)29-25-17)15-27-13-11-24(27)10-5-12-26(16-24)23(28)21-9-8-19-6-3-4-7-20(19)14-21/h3-4,6-9,14H,5,10-13,15-16H2,1-2H3. The van der Waals surface area contributed by atoms with Gasteiger partial charge in [-0.15, -0.1) is 0 Å². The summed E-state index contributed by atoms with van der Waals surface area (Å²) in [5, 5.41) is 6.39. The van der Waals surface area contributed by atoms with E-state index in [9.17, 15) is 4.79 Å². The molecule has 150 valence electrons. The number of piperidine rings is 1. The summed E-state index contributed by atoms with van der Waals surface area (Å²) in [6.07, 6.45) is 3.35. The van der Waals surface area contributed by atoms with E-state index in [4.69, 9.17) is 4.52 Å². The van der Waals surface area contributed by atoms with Crippen molar-refractivity contribution in [2.75, 3.05) is 19.6 Å². The molecule has 0 bridgehead atoms. The molecule has 2 aliphatic rings. The zero-order valence-corrected chi connectivity index (χ0v) is 17.1. The van der Waals surface area contributed by atoms with Gasteiger partial charge in [0.25, 0.3) is 5.91 Å². The molecule has 1 unspecified atom stereocenters. The van der Waals surface area contributed by atoms with Gasteiger partial charge >= 0.3 is 0 Å². The van der Waals surface area contributed by atoms with E-state index in [1.807, 2.05) is 38.1 Å². The van der Waals surface area contributed by atoms with Gasteiger partial charge in [0.2, 0.25) is 0 Å². The van der Waals surface area contributed by atoms with Crippen molar-refractivity contribution in [3.8, 4) is 0 Å². The maximum atomic E-state index is 13.3. The van der Waals surface area contributed by atoms with Crippen molar-refractivity contribution >= 4 is 16.7 Å². The lowest BCUT2D eigenvalue weighted by molar-refractivity contribution is -0.0651. The molecular formula is C24H27N3O2. The van der Waals surface area contributed by atoms with Crippen LogP contribution in [0.2, 0.25) is 0 Å². The highest BCUT2D eigenvalue weighted by atomic mass is 16.5. The van der Waals surface area contributed by atoms with E-state index in [1.54, 1.807) is 0 Å². The van der Waals surface area contributed by atoms with Gasteiger partial charge in [-0.1, -0.05) is 35.5 Å². The number of fused-ring (bicyclic) bond motifs is 1. The minimum absolute atomic E-state index is 0.0981. The Morgan fingerprint density at radius 1 is 1.10 bits per heavy atom. The summed E-state index contributed by atoms with van der Waals surface area (Å²) in [5.41, 5.74) is 3.06. The van der Waals surface area contributed by atoms with Crippen LogP contribution in [0, 0.1) is 13.8 Å². The SMILES string of the molecule is Cc1noc(C)c1CN1CCC12CCCN(C(=O)c1ccc3ccccc3c1)C2. The Labute approximate surface area is 171 Å². The molecule has 0 N–H and O–H groups in total. The summed E-state index contributed by atoms with van der Waals surface area (Å²) >= 11 is 0. The van der Waals surface area contributed by atoms with Crippen molar-refractivity contribution in [2.24, 2.45) is 0 Å². The Hall–Kier alpha value is -2.66. The molecule has 3 heterocycles. The van der Waals surface area contributed by atoms with Crippen LogP contribution >= 0.6 is 0 Å². The van der Waals surface area contributed by atoms with Gasteiger partial charge in [0.05, 0.1) is 5.69 Å². The number of likely N-dealkylation sites (tertiary alicyclic amines) is 2. The van der Waals surface area contributed by atoms with Crippen molar-refractivity contribution in [2.45, 2.75) is 45.2 Å². The Morgan fingerprint density at radius 2 is 1.93 bits per heavy atom. The second-order valence-corrected chi connectivity index (χ2v) is 8.59. The predicted octanol–water partition coefficient (Wildman–Crippen LogP) is 4.33. The number of nitrogens with zero attached hydrogens (tertiary/aromatic N) is 3. The highest BCUT2D eigenvalue weighted by Gasteiger charge is 2.48. The smallest absolute Gasteiger partial charge is 0.253 e. The highest BCUT2D eigenvalue weighted by molar-refractivity contribution is 5.98. The third-order valence-corrected chi connectivity index (χ3v) is 6.89. The average molecular weight is 389 g/mol. The summed E-state index contributed by atoms with van der Waals surface area (Å²) in [7, 11) is 0. The number of hydrogen-bond acceptors (Lipinski definition) is 4. The normalized spacial score (nSPS) is 22.2. The minimum atomic E-state index is 0.0981. The fraction of sp³-hybridized carbons (Fsp3) is 0.417. The van der Waals surface area contributed by atoms with Gasteiger partial charge in [-0.25, -0.2) is 0 Å². The fourth-order valence-electron chi connectivity index (χ4n) is 5.00. The Morgan fingerprint density at radius 3 is 2.66 bits per heavy atom. The van der Waals surface area contributed by atoms with E-state index in [2.05, 4.69) is 33.2 Å². The summed E-state index contributed by atoms with van der Waals surface area (Å²) < 4.78 is 5.35. The molecule has 2 aliphatic heterocycles. The van der Waals surface area contributed by atoms with Crippen LogP contribution in [-0.4, -0.2) is 46.0 Å². The van der Waals surface area contributed by atoms with Gasteiger partial charge in [-0.2, -0.15) is 0 Å². The summed E-state index contributed by atoms with van der Waals surface area (Å²) in [4.78, 5) is 17.9. The number of aromatic nitrogens is 1. The van der Waals surface area contributed by atoms with E-state index in [0.717, 1.165) is 67.8 Å². The molecule has 5 rings (SSSR count). The molecule has 2 saturated heterocycles. The van der Waals surface area contributed by atoms with E-state index < -0.39 is 0 Å². The largest absolute Gasteiger partial charge is 0.361 e. The maximum Gasteiger partial charge on any atom is 0.253 e. The maximum absolute atomic E-state index is 13.3. The molecular weight excluding hydrogens is 362 g/mol. The summed E-state index contributed by atoms with van der Waals surface area (Å²) in [6.45, 7) is 7.57. The number of hydrogen-bond donors (Lipinski definition) is 0. The number of carbonyl (C=O) groups is 1. The molecule has 2 fully saturated rings. The molecule has 5 heteroatoms. The van der Waals surface area contributed by atoms with Crippen LogP contribution in [0.3, 0.4) is 0 Å². The number of benzene rings is 2. The van der Waals surface area contributed by atoms with Crippen molar-refractivity contribution in [1.82, 2.24) is 15.0 Å². The Kier molecular flexibility index (Phi) is 4.43. The van der Waals surface area contributed by atoms with Crippen LogP contribution in [0.4, 0.5) is 0 Å². The summed E-state index contributed by atoms with van der Waals surface area (Å²) in [5.74, 6) is 1.06. The van der Waals surface area contributed by atoms with Gasteiger partial charge in [0, 0.05) is 42.8 Å². The quantitative estimate of drug-likeness (QED) is 0.669. The lowest BCUT2D eigenvalue weighted by Crippen LogP contribution is -2.67. The zero-order chi connectivity index (χ0) is 20.0. The molecule has 0 radical (unpaired) electrons. The first-order valence-corrected chi connectivity index (χ1v) is 10.5. The first kappa shape index (κ1) is 18.4. The molecule has 1 amide bonds. The third-order valence-electron chi connectivity index (χ3n) is 6.89. The first-order chi connectivity index (χ1) is 14.1. The molecule has 2 aromatic carbocycles. The fourth-order valence-corrected chi connectivity index (χ4v) is 5.00.